The molecule has 110 valence electrons. The van der Waals surface area contributed by atoms with Crippen LogP contribution in [0, 0.1) is 0 Å². The predicted molar refractivity (Wildman–Crippen MR) is 80.5 cm³/mol. The molecule has 0 aliphatic heterocycles. The summed E-state index contributed by atoms with van der Waals surface area (Å²) in [6.07, 6.45) is 6.44. The molecule has 0 bridgehead atoms. The fourth-order valence-corrected chi connectivity index (χ4v) is 2.52. The Balaban J connectivity index is 1.73. The summed E-state index contributed by atoms with van der Waals surface area (Å²) in [5.74, 6) is -0.604. The number of aromatic nitrogens is 5. The van der Waals surface area contributed by atoms with Gasteiger partial charge in [-0.3, -0.25) is 14.9 Å². The van der Waals surface area contributed by atoms with Crippen molar-refractivity contribution in [3.8, 4) is 0 Å². The molecule has 0 aliphatic carbocycles. The standard InChI is InChI=1S/C14H11N5O2S/c20-11(13-16-8-17-19-13)6-12(21)14-18-10(7-22-14)5-9-1-3-15-4-2-9/h1-4,6-8,20H,5H2,(H,16,17,19). The molecule has 0 saturated carbocycles. The number of aliphatic hydroxyl groups is 1. The third-order valence-electron chi connectivity index (χ3n) is 2.81. The maximum absolute atomic E-state index is 12.1. The van der Waals surface area contributed by atoms with Crippen LogP contribution in [0.25, 0.3) is 5.76 Å². The summed E-state index contributed by atoms with van der Waals surface area (Å²) in [4.78, 5) is 24.1. The predicted octanol–water partition coefficient (Wildman–Crippen LogP) is 2.03. The number of thiazole rings is 1. The van der Waals surface area contributed by atoms with E-state index in [0.717, 1.165) is 17.3 Å². The number of hydrogen-bond acceptors (Lipinski definition) is 7. The molecule has 7 nitrogen and oxygen atoms in total. The van der Waals surface area contributed by atoms with Gasteiger partial charge in [-0.05, 0) is 17.7 Å². The van der Waals surface area contributed by atoms with Crippen molar-refractivity contribution in [2.24, 2.45) is 0 Å². The third kappa shape index (κ3) is 3.23. The summed E-state index contributed by atoms with van der Waals surface area (Å²) in [5, 5.41) is 18.0. The van der Waals surface area contributed by atoms with E-state index in [1.165, 1.54) is 17.7 Å². The smallest absolute Gasteiger partial charge is 0.218 e. The lowest BCUT2D eigenvalue weighted by atomic mass is 10.2. The molecule has 0 fully saturated rings. The average Bonchev–Trinajstić information content (AvgIpc) is 3.19. The van der Waals surface area contributed by atoms with Crippen LogP contribution < -0.4 is 0 Å². The van der Waals surface area contributed by atoms with Crippen molar-refractivity contribution >= 4 is 22.9 Å². The molecule has 0 spiro atoms. The zero-order valence-electron chi connectivity index (χ0n) is 11.3. The molecule has 22 heavy (non-hydrogen) atoms. The lowest BCUT2D eigenvalue weighted by Crippen LogP contribution is -1.98. The van der Waals surface area contributed by atoms with Crippen molar-refractivity contribution < 1.29 is 9.90 Å². The molecule has 0 aliphatic rings. The zero-order chi connectivity index (χ0) is 15.4. The summed E-state index contributed by atoms with van der Waals surface area (Å²) in [7, 11) is 0. The minimum atomic E-state index is -0.381. The number of pyridine rings is 1. The van der Waals surface area contributed by atoms with E-state index in [9.17, 15) is 9.90 Å². The Hall–Kier alpha value is -2.87. The normalized spacial score (nSPS) is 11.5. The topological polar surface area (TPSA) is 105 Å². The van der Waals surface area contributed by atoms with Gasteiger partial charge in [-0.15, -0.1) is 11.3 Å². The minimum absolute atomic E-state index is 0.0712. The van der Waals surface area contributed by atoms with Crippen LogP contribution in [0.4, 0.5) is 0 Å². The highest BCUT2D eigenvalue weighted by Gasteiger charge is 2.12. The van der Waals surface area contributed by atoms with Crippen LogP contribution in [0.5, 0.6) is 0 Å². The van der Waals surface area contributed by atoms with Crippen molar-refractivity contribution in [1.82, 2.24) is 25.1 Å². The molecule has 0 radical (unpaired) electrons. The number of nitrogens with zero attached hydrogens (tertiary/aromatic N) is 4. The van der Waals surface area contributed by atoms with E-state index in [1.807, 2.05) is 17.5 Å². The fraction of sp³-hybridized carbons (Fsp3) is 0.0714. The number of rotatable bonds is 5. The van der Waals surface area contributed by atoms with E-state index >= 15 is 0 Å². The van der Waals surface area contributed by atoms with Crippen molar-refractivity contribution in [3.05, 3.63) is 64.4 Å². The Morgan fingerprint density at radius 2 is 2.18 bits per heavy atom. The molecule has 3 rings (SSSR count). The number of aliphatic hydroxyl groups excluding tert-OH is 1. The average molecular weight is 313 g/mol. The Labute approximate surface area is 129 Å². The van der Waals surface area contributed by atoms with Gasteiger partial charge in [0.2, 0.25) is 11.6 Å². The number of nitrogens with one attached hydrogen (secondary N) is 1. The maximum Gasteiger partial charge on any atom is 0.218 e. The summed E-state index contributed by atoms with van der Waals surface area (Å²) < 4.78 is 0. The van der Waals surface area contributed by atoms with Gasteiger partial charge in [0, 0.05) is 30.3 Å². The number of carbonyl (C=O) groups excluding carboxylic acids is 1. The number of allylic oxidation sites excluding steroid dienone is 1. The van der Waals surface area contributed by atoms with Gasteiger partial charge in [-0.25, -0.2) is 9.97 Å². The van der Waals surface area contributed by atoms with Crippen LogP contribution >= 0.6 is 11.3 Å². The third-order valence-corrected chi connectivity index (χ3v) is 3.71. The van der Waals surface area contributed by atoms with Crippen LogP contribution in [-0.2, 0) is 6.42 Å². The Morgan fingerprint density at radius 1 is 1.36 bits per heavy atom. The van der Waals surface area contributed by atoms with Gasteiger partial charge in [0.1, 0.15) is 6.33 Å². The van der Waals surface area contributed by atoms with E-state index in [2.05, 4.69) is 25.1 Å². The first-order chi connectivity index (χ1) is 10.7. The molecule has 3 aromatic rings. The minimum Gasteiger partial charge on any atom is -0.504 e. The highest BCUT2D eigenvalue weighted by Crippen LogP contribution is 2.16. The van der Waals surface area contributed by atoms with Crippen LogP contribution in [-0.4, -0.2) is 36.0 Å². The molecule has 3 heterocycles. The SMILES string of the molecule is O=C(C=C(O)c1nc[nH]n1)c1nc(Cc2ccncc2)cs1. The van der Waals surface area contributed by atoms with E-state index in [1.54, 1.807) is 12.4 Å². The maximum atomic E-state index is 12.1. The molecular formula is C14H11N5O2S. The summed E-state index contributed by atoms with van der Waals surface area (Å²) in [6.45, 7) is 0. The van der Waals surface area contributed by atoms with Gasteiger partial charge in [0.25, 0.3) is 0 Å². The molecule has 8 heteroatoms. The first-order valence-corrected chi connectivity index (χ1v) is 7.25. The van der Waals surface area contributed by atoms with E-state index in [0.29, 0.717) is 11.4 Å². The highest BCUT2D eigenvalue weighted by molar-refractivity contribution is 7.11. The first-order valence-electron chi connectivity index (χ1n) is 6.37. The summed E-state index contributed by atoms with van der Waals surface area (Å²) in [5.41, 5.74) is 1.86. The molecule has 2 N–H and O–H groups in total. The van der Waals surface area contributed by atoms with Gasteiger partial charge in [-0.1, -0.05) is 0 Å². The number of ketones is 1. The van der Waals surface area contributed by atoms with Gasteiger partial charge in [0.05, 0.1) is 5.69 Å². The zero-order valence-corrected chi connectivity index (χ0v) is 12.1. The second-order valence-corrected chi connectivity index (χ2v) is 5.25. The van der Waals surface area contributed by atoms with Crippen molar-refractivity contribution in [3.63, 3.8) is 0 Å². The van der Waals surface area contributed by atoms with E-state index in [-0.39, 0.29) is 17.4 Å². The Bertz CT molecular complexity index is 796. The van der Waals surface area contributed by atoms with E-state index in [4.69, 9.17) is 0 Å². The fourth-order valence-electron chi connectivity index (χ4n) is 1.79. The van der Waals surface area contributed by atoms with Gasteiger partial charge < -0.3 is 5.11 Å². The van der Waals surface area contributed by atoms with Crippen LogP contribution in [0.3, 0.4) is 0 Å². The number of aromatic amines is 1. The molecule has 3 aromatic heterocycles. The van der Waals surface area contributed by atoms with Crippen molar-refractivity contribution in [1.29, 1.82) is 0 Å². The lowest BCUT2D eigenvalue weighted by molar-refractivity contribution is 0.104. The Kier molecular flexibility index (Phi) is 4.01. The second-order valence-electron chi connectivity index (χ2n) is 4.39. The van der Waals surface area contributed by atoms with Crippen LogP contribution in [0.15, 0.2) is 42.3 Å². The Morgan fingerprint density at radius 3 is 2.91 bits per heavy atom. The van der Waals surface area contributed by atoms with E-state index < -0.39 is 0 Å². The van der Waals surface area contributed by atoms with Crippen molar-refractivity contribution in [2.75, 3.05) is 0 Å². The van der Waals surface area contributed by atoms with Crippen LogP contribution in [0.2, 0.25) is 0 Å². The molecule has 0 aromatic carbocycles. The summed E-state index contributed by atoms with van der Waals surface area (Å²) in [6, 6.07) is 3.80. The van der Waals surface area contributed by atoms with Crippen molar-refractivity contribution in [2.45, 2.75) is 6.42 Å². The largest absolute Gasteiger partial charge is 0.504 e. The summed E-state index contributed by atoms with van der Waals surface area (Å²) >= 11 is 1.24. The second kappa shape index (κ2) is 6.27. The molecule has 0 unspecified atom stereocenters. The number of hydrogen-bond donors (Lipinski definition) is 2. The monoisotopic (exact) mass is 313 g/mol. The highest BCUT2D eigenvalue weighted by atomic mass is 32.1. The van der Waals surface area contributed by atoms with Gasteiger partial charge >= 0.3 is 0 Å². The molecule has 0 amide bonds. The van der Waals surface area contributed by atoms with Gasteiger partial charge in [0.15, 0.2) is 10.8 Å². The number of H-pyrrole nitrogens is 1. The first kappa shape index (κ1) is 14.1. The molecule has 0 saturated heterocycles. The van der Waals surface area contributed by atoms with Gasteiger partial charge in [-0.2, -0.15) is 5.10 Å². The quantitative estimate of drug-likeness (QED) is 0.424. The molecule has 0 atom stereocenters. The number of carbonyl (C=O) groups is 1. The lowest BCUT2D eigenvalue weighted by Gasteiger charge is -1.96. The van der Waals surface area contributed by atoms with Crippen LogP contribution in [0.1, 0.15) is 26.9 Å². The molecular weight excluding hydrogens is 302 g/mol.